The van der Waals surface area contributed by atoms with Crippen molar-refractivity contribution < 1.29 is 14.0 Å². The lowest BCUT2D eigenvalue weighted by atomic mass is 9.93. The molecule has 1 fully saturated rings. The molecule has 0 saturated carbocycles. The Labute approximate surface area is 192 Å². The maximum atomic E-state index is 13.6. The number of aromatic nitrogens is 2. The van der Waals surface area contributed by atoms with Crippen LogP contribution in [0, 0.1) is 5.82 Å². The zero-order valence-corrected chi connectivity index (χ0v) is 18.4. The molecule has 5 rings (SSSR count). The highest BCUT2D eigenvalue weighted by Crippen LogP contribution is 2.28. The van der Waals surface area contributed by atoms with E-state index in [1.807, 2.05) is 24.3 Å². The summed E-state index contributed by atoms with van der Waals surface area (Å²) >= 11 is 0. The number of hydrogen-bond donors (Lipinski definition) is 2. The molecule has 2 heterocycles. The number of H-pyrrole nitrogens is 1. The van der Waals surface area contributed by atoms with Gasteiger partial charge in [-0.3, -0.25) is 14.7 Å². The van der Waals surface area contributed by atoms with E-state index in [4.69, 9.17) is 0 Å². The average molecular weight is 447 g/mol. The normalized spacial score (nSPS) is 18.4. The number of rotatable bonds is 4. The predicted molar refractivity (Wildman–Crippen MR) is 123 cm³/mol. The molecule has 1 aromatic heterocycles. The maximum absolute atomic E-state index is 13.6. The first-order valence-corrected chi connectivity index (χ1v) is 11.6. The third kappa shape index (κ3) is 4.27. The summed E-state index contributed by atoms with van der Waals surface area (Å²) in [6.45, 7) is 0.864. The molecule has 0 unspecified atom stereocenters. The van der Waals surface area contributed by atoms with Crippen LogP contribution in [0.5, 0.6) is 0 Å². The molecule has 3 aromatic rings. The first kappa shape index (κ1) is 21.4. The SMILES string of the molecule is O=C1NCCN(C(=O)c2n[nH]c3c2CCCCC3)[C@H]1Cc1ccccc1-c1ccc(F)cc1. The molecule has 1 saturated heterocycles. The molecule has 1 aliphatic carbocycles. The molecule has 2 aromatic carbocycles. The number of nitrogens with one attached hydrogen (secondary N) is 2. The van der Waals surface area contributed by atoms with E-state index in [1.165, 1.54) is 12.1 Å². The van der Waals surface area contributed by atoms with Crippen molar-refractivity contribution in [2.75, 3.05) is 13.1 Å². The average Bonchev–Trinajstić information content (AvgIpc) is 3.09. The number of fused-ring (bicyclic) bond motifs is 1. The van der Waals surface area contributed by atoms with Crippen molar-refractivity contribution in [2.45, 2.75) is 44.6 Å². The molecule has 0 bridgehead atoms. The predicted octanol–water partition coefficient (Wildman–Crippen LogP) is 3.67. The van der Waals surface area contributed by atoms with E-state index in [1.54, 1.807) is 17.0 Å². The van der Waals surface area contributed by atoms with E-state index < -0.39 is 6.04 Å². The number of hydrogen-bond acceptors (Lipinski definition) is 3. The van der Waals surface area contributed by atoms with Crippen LogP contribution in [-0.4, -0.2) is 46.0 Å². The second-order valence-electron chi connectivity index (χ2n) is 8.76. The summed E-state index contributed by atoms with van der Waals surface area (Å²) in [5.74, 6) is -0.642. The number of benzene rings is 2. The van der Waals surface area contributed by atoms with Crippen LogP contribution < -0.4 is 5.32 Å². The molecule has 6 nitrogen and oxygen atoms in total. The lowest BCUT2D eigenvalue weighted by Gasteiger charge is -2.35. The molecular weight excluding hydrogens is 419 g/mol. The number of aromatic amines is 1. The second-order valence-corrected chi connectivity index (χ2v) is 8.76. The van der Waals surface area contributed by atoms with Crippen LogP contribution in [0.1, 0.15) is 46.6 Å². The van der Waals surface area contributed by atoms with Gasteiger partial charge in [0.25, 0.3) is 5.91 Å². The largest absolute Gasteiger partial charge is 0.353 e. The lowest BCUT2D eigenvalue weighted by Crippen LogP contribution is -2.58. The van der Waals surface area contributed by atoms with Gasteiger partial charge < -0.3 is 10.2 Å². The first-order chi connectivity index (χ1) is 16.1. The van der Waals surface area contributed by atoms with E-state index in [9.17, 15) is 14.0 Å². The van der Waals surface area contributed by atoms with Gasteiger partial charge in [0, 0.05) is 30.8 Å². The van der Waals surface area contributed by atoms with E-state index in [-0.39, 0.29) is 17.6 Å². The zero-order valence-electron chi connectivity index (χ0n) is 18.4. The Balaban J connectivity index is 1.45. The zero-order chi connectivity index (χ0) is 22.8. The topological polar surface area (TPSA) is 78.1 Å². The van der Waals surface area contributed by atoms with Gasteiger partial charge in [-0.15, -0.1) is 0 Å². The molecule has 2 amide bonds. The fourth-order valence-corrected chi connectivity index (χ4v) is 4.95. The van der Waals surface area contributed by atoms with Gasteiger partial charge in [-0.25, -0.2) is 4.39 Å². The van der Waals surface area contributed by atoms with Crippen LogP contribution in [0.15, 0.2) is 48.5 Å². The molecule has 170 valence electrons. The minimum Gasteiger partial charge on any atom is -0.353 e. The Morgan fingerprint density at radius 2 is 1.85 bits per heavy atom. The van der Waals surface area contributed by atoms with Crippen molar-refractivity contribution in [3.8, 4) is 11.1 Å². The smallest absolute Gasteiger partial charge is 0.275 e. The summed E-state index contributed by atoms with van der Waals surface area (Å²) in [6, 6.07) is 13.5. The standard InChI is InChI=1S/C26H27FN4O2/c27-19-12-10-17(11-13-19)20-7-5-4-6-18(20)16-23-25(32)28-14-15-31(23)26(33)24-21-8-2-1-3-9-22(21)29-30-24/h4-7,10-13,23H,1-3,8-9,14-16H2,(H,28,32)(H,29,30)/t23-/m0/s1. The fraction of sp³-hybridized carbons (Fsp3) is 0.346. The van der Waals surface area contributed by atoms with E-state index in [0.29, 0.717) is 25.2 Å². The van der Waals surface area contributed by atoms with Gasteiger partial charge in [-0.1, -0.05) is 42.8 Å². The van der Waals surface area contributed by atoms with Crippen molar-refractivity contribution in [3.05, 3.63) is 76.9 Å². The van der Waals surface area contributed by atoms with Gasteiger partial charge >= 0.3 is 0 Å². The number of halogens is 1. The highest BCUT2D eigenvalue weighted by atomic mass is 19.1. The van der Waals surface area contributed by atoms with Crippen molar-refractivity contribution in [1.29, 1.82) is 0 Å². The summed E-state index contributed by atoms with van der Waals surface area (Å²) in [5, 5.41) is 10.4. The fourth-order valence-electron chi connectivity index (χ4n) is 4.95. The van der Waals surface area contributed by atoms with Crippen molar-refractivity contribution in [2.24, 2.45) is 0 Å². The summed E-state index contributed by atoms with van der Waals surface area (Å²) in [6.07, 6.45) is 5.40. The Kier molecular flexibility index (Phi) is 5.94. The van der Waals surface area contributed by atoms with E-state index in [2.05, 4.69) is 15.5 Å². The summed E-state index contributed by atoms with van der Waals surface area (Å²) in [5.41, 5.74) is 5.25. The van der Waals surface area contributed by atoms with Crippen LogP contribution >= 0.6 is 0 Å². The van der Waals surface area contributed by atoms with Crippen LogP contribution in [0.2, 0.25) is 0 Å². The molecule has 1 aliphatic heterocycles. The monoisotopic (exact) mass is 446 g/mol. The number of aryl methyl sites for hydroxylation is 1. The summed E-state index contributed by atoms with van der Waals surface area (Å²) in [7, 11) is 0. The third-order valence-corrected chi connectivity index (χ3v) is 6.69. The Morgan fingerprint density at radius 1 is 1.06 bits per heavy atom. The summed E-state index contributed by atoms with van der Waals surface area (Å²) < 4.78 is 13.4. The quantitative estimate of drug-likeness (QED) is 0.601. The Bertz CT molecular complexity index is 1170. The first-order valence-electron chi connectivity index (χ1n) is 11.6. The van der Waals surface area contributed by atoms with Crippen molar-refractivity contribution >= 4 is 11.8 Å². The highest BCUT2D eigenvalue weighted by molar-refractivity contribution is 5.98. The van der Waals surface area contributed by atoms with Gasteiger partial charge in [-0.05, 0) is 54.5 Å². The molecule has 7 heteroatoms. The van der Waals surface area contributed by atoms with Crippen molar-refractivity contribution in [1.82, 2.24) is 20.4 Å². The van der Waals surface area contributed by atoms with Crippen LogP contribution in [-0.2, 0) is 24.1 Å². The molecule has 33 heavy (non-hydrogen) atoms. The summed E-state index contributed by atoms with van der Waals surface area (Å²) in [4.78, 5) is 28.2. The van der Waals surface area contributed by atoms with Gasteiger partial charge in [0.05, 0.1) is 0 Å². The van der Waals surface area contributed by atoms with Crippen molar-refractivity contribution in [3.63, 3.8) is 0 Å². The molecule has 2 N–H and O–H groups in total. The van der Waals surface area contributed by atoms with Gasteiger partial charge in [0.1, 0.15) is 11.9 Å². The number of amides is 2. The molecule has 1 atom stereocenters. The van der Waals surface area contributed by atoms with Crippen LogP contribution in [0.3, 0.4) is 0 Å². The number of piperazine rings is 1. The van der Waals surface area contributed by atoms with Crippen LogP contribution in [0.25, 0.3) is 11.1 Å². The lowest BCUT2D eigenvalue weighted by molar-refractivity contribution is -0.127. The Hall–Kier alpha value is -3.48. The minimum atomic E-state index is -0.633. The minimum absolute atomic E-state index is 0.162. The van der Waals surface area contributed by atoms with Gasteiger partial charge in [0.15, 0.2) is 5.69 Å². The number of carbonyl (C=O) groups is 2. The van der Waals surface area contributed by atoms with Crippen LogP contribution in [0.4, 0.5) is 4.39 Å². The maximum Gasteiger partial charge on any atom is 0.275 e. The second kappa shape index (κ2) is 9.17. The number of carbonyl (C=O) groups excluding carboxylic acids is 2. The number of nitrogens with zero attached hydrogens (tertiary/aromatic N) is 2. The molecule has 0 radical (unpaired) electrons. The van der Waals surface area contributed by atoms with E-state index >= 15 is 0 Å². The molecule has 0 spiro atoms. The third-order valence-electron chi connectivity index (χ3n) is 6.69. The molecule has 2 aliphatic rings. The molecular formula is C26H27FN4O2. The Morgan fingerprint density at radius 3 is 2.70 bits per heavy atom. The van der Waals surface area contributed by atoms with Gasteiger partial charge in [-0.2, -0.15) is 5.10 Å². The van der Waals surface area contributed by atoms with Gasteiger partial charge in [0.2, 0.25) is 5.91 Å². The highest BCUT2D eigenvalue weighted by Gasteiger charge is 2.36. The van der Waals surface area contributed by atoms with E-state index in [0.717, 1.165) is 60.1 Å².